The summed E-state index contributed by atoms with van der Waals surface area (Å²) in [5, 5.41) is 3.14. The van der Waals surface area contributed by atoms with Gasteiger partial charge in [-0.25, -0.2) is 4.39 Å². The van der Waals surface area contributed by atoms with Crippen molar-refractivity contribution in [1.82, 2.24) is 10.2 Å². The first-order chi connectivity index (χ1) is 9.49. The van der Waals surface area contributed by atoms with Gasteiger partial charge in [0.1, 0.15) is 5.82 Å². The van der Waals surface area contributed by atoms with Gasteiger partial charge in [0.15, 0.2) is 0 Å². The Hall–Kier alpha value is -1.95. The topological polar surface area (TPSA) is 75.4 Å². The fourth-order valence-electron chi connectivity index (χ4n) is 2.42. The molecule has 6 heteroatoms. The van der Waals surface area contributed by atoms with E-state index in [9.17, 15) is 14.0 Å². The van der Waals surface area contributed by atoms with Crippen molar-refractivity contribution in [3.05, 3.63) is 35.1 Å². The van der Waals surface area contributed by atoms with Gasteiger partial charge < -0.3 is 16.0 Å². The van der Waals surface area contributed by atoms with Crippen LogP contribution in [0.1, 0.15) is 22.3 Å². The lowest BCUT2D eigenvalue weighted by atomic mass is 10.1. The molecule has 1 aromatic rings. The largest absolute Gasteiger partial charge is 0.368 e. The molecule has 1 fully saturated rings. The molecule has 2 amide bonds. The predicted molar refractivity (Wildman–Crippen MR) is 72.6 cm³/mol. The molecule has 1 saturated heterocycles. The second kappa shape index (κ2) is 6.00. The van der Waals surface area contributed by atoms with E-state index < -0.39 is 11.7 Å². The Labute approximate surface area is 116 Å². The van der Waals surface area contributed by atoms with Crippen molar-refractivity contribution in [2.45, 2.75) is 19.4 Å². The lowest BCUT2D eigenvalue weighted by Crippen LogP contribution is -2.46. The highest BCUT2D eigenvalue weighted by molar-refractivity contribution is 5.97. The van der Waals surface area contributed by atoms with Gasteiger partial charge in [0.2, 0.25) is 5.91 Å². The van der Waals surface area contributed by atoms with Crippen LogP contribution in [0.3, 0.4) is 0 Å². The highest BCUT2D eigenvalue weighted by Crippen LogP contribution is 2.17. The molecule has 1 aliphatic rings. The van der Waals surface area contributed by atoms with Crippen LogP contribution in [0.4, 0.5) is 4.39 Å². The molecule has 108 valence electrons. The zero-order valence-corrected chi connectivity index (χ0v) is 11.4. The number of hydrogen-bond acceptors (Lipinski definition) is 3. The van der Waals surface area contributed by atoms with Gasteiger partial charge in [0.25, 0.3) is 5.91 Å². The van der Waals surface area contributed by atoms with E-state index in [-0.39, 0.29) is 24.1 Å². The molecule has 1 heterocycles. The molecule has 5 nitrogen and oxygen atoms in total. The molecule has 0 saturated carbocycles. The van der Waals surface area contributed by atoms with Crippen LogP contribution in [0.2, 0.25) is 0 Å². The molecule has 3 N–H and O–H groups in total. The van der Waals surface area contributed by atoms with Gasteiger partial charge in [0, 0.05) is 18.2 Å². The minimum atomic E-state index is -0.570. The minimum Gasteiger partial charge on any atom is -0.368 e. The lowest BCUT2D eigenvalue weighted by Gasteiger charge is -2.28. The molecule has 0 spiro atoms. The van der Waals surface area contributed by atoms with Crippen LogP contribution >= 0.6 is 0 Å². The highest BCUT2D eigenvalue weighted by atomic mass is 19.1. The minimum absolute atomic E-state index is 0.0855. The average molecular weight is 279 g/mol. The Bertz CT molecular complexity index is 527. The quantitative estimate of drug-likeness (QED) is 0.839. The van der Waals surface area contributed by atoms with Crippen molar-refractivity contribution in [3.8, 4) is 0 Å². The van der Waals surface area contributed by atoms with E-state index in [0.717, 1.165) is 13.0 Å². The predicted octanol–water partition coefficient (Wildman–Crippen LogP) is 0.424. The zero-order chi connectivity index (χ0) is 14.7. The molecule has 0 aliphatic carbocycles. The third-order valence-electron chi connectivity index (χ3n) is 3.49. The molecule has 1 aliphatic heterocycles. The van der Waals surface area contributed by atoms with Crippen molar-refractivity contribution >= 4 is 11.8 Å². The third-order valence-corrected chi connectivity index (χ3v) is 3.49. The molecule has 0 bridgehead atoms. The van der Waals surface area contributed by atoms with Crippen molar-refractivity contribution in [1.29, 1.82) is 0 Å². The summed E-state index contributed by atoms with van der Waals surface area (Å²) in [7, 11) is 0. The second-order valence-electron chi connectivity index (χ2n) is 5.01. The van der Waals surface area contributed by atoms with Crippen LogP contribution in [0.5, 0.6) is 0 Å². The molecule has 1 aromatic carbocycles. The number of benzene rings is 1. The normalized spacial score (nSPS) is 18.0. The van der Waals surface area contributed by atoms with Crippen molar-refractivity contribution in [3.63, 3.8) is 0 Å². The number of nitrogens with two attached hydrogens (primary N) is 1. The molecule has 0 aromatic heterocycles. The van der Waals surface area contributed by atoms with Crippen LogP contribution in [-0.2, 0) is 4.79 Å². The number of primary amides is 1. The maximum Gasteiger partial charge on any atom is 0.254 e. The first kappa shape index (κ1) is 14.5. The molecule has 0 radical (unpaired) electrons. The number of nitrogens with one attached hydrogen (secondary N) is 1. The molecular formula is C14H18FN3O2. The molecule has 1 atom stereocenters. The summed E-state index contributed by atoms with van der Waals surface area (Å²) in [6.07, 6.45) is 0.757. The van der Waals surface area contributed by atoms with E-state index in [1.54, 1.807) is 13.0 Å². The van der Waals surface area contributed by atoms with Gasteiger partial charge in [-0.1, -0.05) is 6.07 Å². The summed E-state index contributed by atoms with van der Waals surface area (Å²) < 4.78 is 13.3. The van der Waals surface area contributed by atoms with E-state index in [1.165, 1.54) is 17.0 Å². The maximum atomic E-state index is 13.3. The number of carbonyl (C=O) groups is 2. The van der Waals surface area contributed by atoms with Crippen LogP contribution < -0.4 is 11.1 Å². The van der Waals surface area contributed by atoms with Gasteiger partial charge >= 0.3 is 0 Å². The van der Waals surface area contributed by atoms with Crippen molar-refractivity contribution < 1.29 is 14.0 Å². The fourth-order valence-corrected chi connectivity index (χ4v) is 2.42. The fraction of sp³-hybridized carbons (Fsp3) is 0.429. The van der Waals surface area contributed by atoms with Gasteiger partial charge in [-0.05, 0) is 37.6 Å². The van der Waals surface area contributed by atoms with E-state index in [2.05, 4.69) is 5.32 Å². The van der Waals surface area contributed by atoms with Gasteiger partial charge in [-0.3, -0.25) is 9.59 Å². The van der Waals surface area contributed by atoms with Gasteiger partial charge in [-0.2, -0.15) is 0 Å². The highest BCUT2D eigenvalue weighted by Gasteiger charge is 2.29. The molecule has 1 unspecified atom stereocenters. The number of carbonyl (C=O) groups excluding carboxylic acids is 2. The average Bonchev–Trinajstić information content (AvgIpc) is 2.91. The summed E-state index contributed by atoms with van der Waals surface area (Å²) in [6, 6.07) is 3.98. The number of amides is 2. The summed E-state index contributed by atoms with van der Waals surface area (Å²) in [5.41, 5.74) is 6.17. The van der Waals surface area contributed by atoms with Crippen LogP contribution in [0.25, 0.3) is 0 Å². The Morgan fingerprint density at radius 2 is 2.25 bits per heavy atom. The number of hydrogen-bond donors (Lipinski definition) is 2. The number of nitrogens with zero attached hydrogens (tertiary/aromatic N) is 1. The lowest BCUT2D eigenvalue weighted by molar-refractivity contribution is -0.119. The number of halogens is 1. The maximum absolute atomic E-state index is 13.3. The standard InChI is InChI=1S/C14H18FN3O2/c1-9-2-3-10(15)6-12(9)14(20)18(8-13(16)19)11-4-5-17-7-11/h2-3,6,11,17H,4-5,7-8H2,1H3,(H2,16,19). The number of rotatable bonds is 4. The SMILES string of the molecule is Cc1ccc(F)cc1C(=O)N(CC(N)=O)C1CCNC1. The first-order valence-electron chi connectivity index (χ1n) is 6.55. The van der Waals surface area contributed by atoms with Gasteiger partial charge in [0.05, 0.1) is 6.54 Å². The Morgan fingerprint density at radius 3 is 2.85 bits per heavy atom. The second-order valence-corrected chi connectivity index (χ2v) is 5.01. The van der Waals surface area contributed by atoms with Gasteiger partial charge in [-0.15, -0.1) is 0 Å². The monoisotopic (exact) mass is 279 g/mol. The summed E-state index contributed by atoms with van der Waals surface area (Å²) >= 11 is 0. The van der Waals surface area contributed by atoms with Crippen LogP contribution in [-0.4, -0.2) is 42.4 Å². The molecule has 20 heavy (non-hydrogen) atoms. The van der Waals surface area contributed by atoms with Crippen molar-refractivity contribution in [2.24, 2.45) is 5.73 Å². The van der Waals surface area contributed by atoms with E-state index in [4.69, 9.17) is 5.73 Å². The smallest absolute Gasteiger partial charge is 0.254 e. The third kappa shape index (κ3) is 3.14. The Balaban J connectivity index is 2.29. The molecular weight excluding hydrogens is 261 g/mol. The van der Waals surface area contributed by atoms with E-state index in [0.29, 0.717) is 12.1 Å². The molecule has 2 rings (SSSR count). The number of aryl methyl sites for hydroxylation is 1. The van der Waals surface area contributed by atoms with Crippen LogP contribution in [0, 0.1) is 12.7 Å². The Morgan fingerprint density at radius 1 is 1.50 bits per heavy atom. The zero-order valence-electron chi connectivity index (χ0n) is 11.4. The first-order valence-corrected chi connectivity index (χ1v) is 6.55. The van der Waals surface area contributed by atoms with E-state index >= 15 is 0 Å². The summed E-state index contributed by atoms with van der Waals surface area (Å²) in [5.74, 6) is -1.39. The summed E-state index contributed by atoms with van der Waals surface area (Å²) in [4.78, 5) is 25.2. The van der Waals surface area contributed by atoms with Crippen LogP contribution in [0.15, 0.2) is 18.2 Å². The summed E-state index contributed by atoms with van der Waals surface area (Å²) in [6.45, 7) is 2.99. The van der Waals surface area contributed by atoms with Crippen molar-refractivity contribution in [2.75, 3.05) is 19.6 Å². The Kier molecular flexibility index (Phi) is 4.34. The van der Waals surface area contributed by atoms with E-state index in [1.807, 2.05) is 0 Å².